The van der Waals surface area contributed by atoms with Crippen molar-refractivity contribution in [3.8, 4) is 0 Å². The van der Waals surface area contributed by atoms with Crippen LogP contribution in [-0.2, 0) is 0 Å². The van der Waals surface area contributed by atoms with Gasteiger partial charge in [0.05, 0.1) is 5.70 Å². The number of halogens is 1. The largest absolute Gasteiger partial charge is 0.321 e. The van der Waals surface area contributed by atoms with Crippen LogP contribution in [0.15, 0.2) is 30.3 Å². The standard InChI is InChI=1S/C9H9FN2/c10-8-3-1-2-7(6-8)9-4-5-11-12-9/h1-4,6,11-12H,5H2. The molecule has 0 spiro atoms. The van der Waals surface area contributed by atoms with Crippen molar-refractivity contribution in [1.29, 1.82) is 0 Å². The molecule has 1 aliphatic rings. The molecule has 1 heterocycles. The van der Waals surface area contributed by atoms with Crippen LogP contribution in [-0.4, -0.2) is 6.54 Å². The molecule has 3 heteroatoms. The van der Waals surface area contributed by atoms with E-state index in [2.05, 4.69) is 10.9 Å². The fraction of sp³-hybridized carbons (Fsp3) is 0.111. The fourth-order valence-electron chi connectivity index (χ4n) is 1.20. The van der Waals surface area contributed by atoms with Crippen LogP contribution in [0.5, 0.6) is 0 Å². The molecule has 0 unspecified atom stereocenters. The molecular formula is C9H9FN2. The third-order valence-corrected chi connectivity index (χ3v) is 1.77. The highest BCUT2D eigenvalue weighted by molar-refractivity contribution is 5.65. The smallest absolute Gasteiger partial charge is 0.123 e. The van der Waals surface area contributed by atoms with E-state index in [0.29, 0.717) is 0 Å². The summed E-state index contributed by atoms with van der Waals surface area (Å²) >= 11 is 0. The van der Waals surface area contributed by atoms with Crippen molar-refractivity contribution in [1.82, 2.24) is 10.9 Å². The molecule has 12 heavy (non-hydrogen) atoms. The maximum atomic E-state index is 12.7. The van der Waals surface area contributed by atoms with Gasteiger partial charge >= 0.3 is 0 Å². The number of hydrogen-bond donors (Lipinski definition) is 2. The lowest BCUT2D eigenvalue weighted by Gasteiger charge is -2.03. The van der Waals surface area contributed by atoms with Gasteiger partial charge < -0.3 is 5.43 Å². The Hall–Kier alpha value is -1.35. The lowest BCUT2D eigenvalue weighted by molar-refractivity contribution is 0.627. The molecular weight excluding hydrogens is 155 g/mol. The molecule has 1 aromatic carbocycles. The molecule has 0 saturated carbocycles. The number of benzene rings is 1. The Morgan fingerprint density at radius 1 is 1.33 bits per heavy atom. The minimum atomic E-state index is -0.206. The van der Waals surface area contributed by atoms with E-state index >= 15 is 0 Å². The number of rotatable bonds is 1. The van der Waals surface area contributed by atoms with Crippen LogP contribution in [0, 0.1) is 5.82 Å². The second kappa shape index (κ2) is 2.95. The van der Waals surface area contributed by atoms with Gasteiger partial charge in [-0.15, -0.1) is 0 Å². The molecule has 0 fully saturated rings. The van der Waals surface area contributed by atoms with Crippen LogP contribution in [0.1, 0.15) is 5.56 Å². The maximum Gasteiger partial charge on any atom is 0.123 e. The monoisotopic (exact) mass is 164 g/mol. The Morgan fingerprint density at radius 2 is 2.25 bits per heavy atom. The highest BCUT2D eigenvalue weighted by atomic mass is 19.1. The SMILES string of the molecule is Fc1cccc(C2=CCNN2)c1. The van der Waals surface area contributed by atoms with E-state index < -0.39 is 0 Å². The minimum absolute atomic E-state index is 0.206. The van der Waals surface area contributed by atoms with Crippen LogP contribution in [0.4, 0.5) is 4.39 Å². The van der Waals surface area contributed by atoms with E-state index in [1.165, 1.54) is 12.1 Å². The predicted molar refractivity (Wildman–Crippen MR) is 45.5 cm³/mol. The molecule has 0 atom stereocenters. The molecule has 2 nitrogen and oxygen atoms in total. The van der Waals surface area contributed by atoms with E-state index in [1.807, 2.05) is 12.1 Å². The molecule has 0 amide bonds. The van der Waals surface area contributed by atoms with Gasteiger partial charge in [-0.25, -0.2) is 9.82 Å². The summed E-state index contributed by atoms with van der Waals surface area (Å²) in [6, 6.07) is 6.51. The zero-order valence-corrected chi connectivity index (χ0v) is 6.47. The van der Waals surface area contributed by atoms with Crippen molar-refractivity contribution >= 4 is 5.70 Å². The Kier molecular flexibility index (Phi) is 1.80. The fourth-order valence-corrected chi connectivity index (χ4v) is 1.20. The van der Waals surface area contributed by atoms with Crippen LogP contribution in [0.3, 0.4) is 0 Å². The Bertz CT molecular complexity index is 320. The average molecular weight is 164 g/mol. The molecule has 62 valence electrons. The van der Waals surface area contributed by atoms with Crippen LogP contribution >= 0.6 is 0 Å². The Morgan fingerprint density at radius 3 is 2.92 bits per heavy atom. The molecule has 2 rings (SSSR count). The molecule has 0 radical (unpaired) electrons. The van der Waals surface area contributed by atoms with Crippen molar-refractivity contribution in [2.45, 2.75) is 0 Å². The van der Waals surface area contributed by atoms with Gasteiger partial charge in [-0.3, -0.25) is 0 Å². The normalized spacial score (nSPS) is 15.6. The average Bonchev–Trinajstić information content (AvgIpc) is 2.56. The number of hydrazine groups is 1. The molecule has 0 bridgehead atoms. The summed E-state index contributed by atoms with van der Waals surface area (Å²) in [6.45, 7) is 0.784. The molecule has 0 aromatic heterocycles. The van der Waals surface area contributed by atoms with Gasteiger partial charge in [0, 0.05) is 12.1 Å². The van der Waals surface area contributed by atoms with E-state index in [0.717, 1.165) is 17.8 Å². The third kappa shape index (κ3) is 1.31. The van der Waals surface area contributed by atoms with Crippen molar-refractivity contribution in [3.63, 3.8) is 0 Å². The zero-order valence-electron chi connectivity index (χ0n) is 6.47. The molecule has 2 N–H and O–H groups in total. The maximum absolute atomic E-state index is 12.7. The number of nitrogens with one attached hydrogen (secondary N) is 2. The molecule has 1 aromatic rings. The molecule has 0 saturated heterocycles. The lowest BCUT2D eigenvalue weighted by atomic mass is 10.1. The summed E-state index contributed by atoms with van der Waals surface area (Å²) < 4.78 is 12.7. The highest BCUT2D eigenvalue weighted by Gasteiger charge is 2.05. The zero-order chi connectivity index (χ0) is 8.39. The summed E-state index contributed by atoms with van der Waals surface area (Å²) in [6.07, 6.45) is 1.98. The predicted octanol–water partition coefficient (Wildman–Crippen LogP) is 1.27. The molecule has 1 aliphatic heterocycles. The minimum Gasteiger partial charge on any atom is -0.321 e. The van der Waals surface area contributed by atoms with Gasteiger partial charge in [-0.05, 0) is 18.2 Å². The van der Waals surface area contributed by atoms with Gasteiger partial charge in [-0.1, -0.05) is 12.1 Å². The van der Waals surface area contributed by atoms with Gasteiger partial charge in [-0.2, -0.15) is 0 Å². The van der Waals surface area contributed by atoms with Crippen LogP contribution in [0.25, 0.3) is 5.70 Å². The van der Waals surface area contributed by atoms with Crippen molar-refractivity contribution in [3.05, 3.63) is 41.7 Å². The summed E-state index contributed by atoms with van der Waals surface area (Å²) in [7, 11) is 0. The van der Waals surface area contributed by atoms with E-state index in [-0.39, 0.29) is 5.82 Å². The van der Waals surface area contributed by atoms with Crippen LogP contribution < -0.4 is 10.9 Å². The second-order valence-electron chi connectivity index (χ2n) is 2.63. The summed E-state index contributed by atoms with van der Waals surface area (Å²) in [5.41, 5.74) is 7.68. The van der Waals surface area contributed by atoms with E-state index in [4.69, 9.17) is 0 Å². The third-order valence-electron chi connectivity index (χ3n) is 1.77. The lowest BCUT2D eigenvalue weighted by Crippen LogP contribution is -2.22. The first-order valence-corrected chi connectivity index (χ1v) is 3.81. The first kappa shape index (κ1) is 7.31. The van der Waals surface area contributed by atoms with Crippen LogP contribution in [0.2, 0.25) is 0 Å². The summed E-state index contributed by atoms with van der Waals surface area (Å²) in [5.74, 6) is -0.206. The number of hydrogen-bond acceptors (Lipinski definition) is 2. The van der Waals surface area contributed by atoms with Crippen molar-refractivity contribution in [2.24, 2.45) is 0 Å². The highest BCUT2D eigenvalue weighted by Crippen LogP contribution is 2.13. The van der Waals surface area contributed by atoms with Gasteiger partial charge in [0.25, 0.3) is 0 Å². The summed E-state index contributed by atoms with van der Waals surface area (Å²) in [5, 5.41) is 0. The Labute approximate surface area is 70.1 Å². The van der Waals surface area contributed by atoms with E-state index in [9.17, 15) is 4.39 Å². The van der Waals surface area contributed by atoms with Crippen molar-refractivity contribution < 1.29 is 4.39 Å². The Balaban J connectivity index is 2.33. The van der Waals surface area contributed by atoms with Crippen molar-refractivity contribution in [2.75, 3.05) is 6.54 Å². The first-order chi connectivity index (χ1) is 5.86. The van der Waals surface area contributed by atoms with E-state index in [1.54, 1.807) is 6.07 Å². The second-order valence-corrected chi connectivity index (χ2v) is 2.63. The topological polar surface area (TPSA) is 24.1 Å². The van der Waals surface area contributed by atoms with Gasteiger partial charge in [0.2, 0.25) is 0 Å². The summed E-state index contributed by atoms with van der Waals surface area (Å²) in [4.78, 5) is 0. The van der Waals surface area contributed by atoms with Gasteiger partial charge in [0.1, 0.15) is 5.82 Å². The van der Waals surface area contributed by atoms with Gasteiger partial charge in [0.15, 0.2) is 0 Å². The quantitative estimate of drug-likeness (QED) is 0.653. The first-order valence-electron chi connectivity index (χ1n) is 3.81. The molecule has 0 aliphatic carbocycles.